The van der Waals surface area contributed by atoms with Crippen LogP contribution in [-0.4, -0.2) is 39.2 Å². The highest BCUT2D eigenvalue weighted by Crippen LogP contribution is 2.31. The molecule has 1 aliphatic rings. The van der Waals surface area contributed by atoms with Crippen molar-refractivity contribution < 1.29 is 9.90 Å². The van der Waals surface area contributed by atoms with Gasteiger partial charge in [-0.3, -0.25) is 9.89 Å². The molecule has 0 aliphatic carbocycles. The molecule has 2 N–H and O–H groups in total. The largest absolute Gasteiger partial charge is 0.385 e. The second-order valence-corrected chi connectivity index (χ2v) is 6.92. The number of aromatic nitrogens is 2. The molecule has 5 heteroatoms. The van der Waals surface area contributed by atoms with Crippen LogP contribution in [0.4, 0.5) is 0 Å². The van der Waals surface area contributed by atoms with Crippen molar-refractivity contribution in [1.82, 2.24) is 15.1 Å². The number of nitrogens with one attached hydrogen (secondary N) is 1. The minimum absolute atomic E-state index is 0.0196. The quantitative estimate of drug-likeness (QED) is 0.907. The van der Waals surface area contributed by atoms with E-state index in [0.717, 1.165) is 37.2 Å². The SMILES string of the molecule is Cc1[nH]ncc1C1CCN(C(=O)CC(C)(O)c2ccccc2)CC1. The van der Waals surface area contributed by atoms with Crippen LogP contribution in [-0.2, 0) is 10.4 Å². The van der Waals surface area contributed by atoms with E-state index in [1.807, 2.05) is 48.4 Å². The Labute approximate surface area is 142 Å². The molecule has 3 rings (SSSR count). The van der Waals surface area contributed by atoms with Gasteiger partial charge in [-0.15, -0.1) is 0 Å². The Bertz CT molecular complexity index is 686. The second-order valence-electron chi connectivity index (χ2n) is 6.92. The number of aliphatic hydroxyl groups is 1. The van der Waals surface area contributed by atoms with Gasteiger partial charge in [0.15, 0.2) is 0 Å². The van der Waals surface area contributed by atoms with Gasteiger partial charge in [0.2, 0.25) is 5.91 Å². The third kappa shape index (κ3) is 3.51. The lowest BCUT2D eigenvalue weighted by Gasteiger charge is -2.34. The van der Waals surface area contributed by atoms with E-state index in [4.69, 9.17) is 0 Å². The van der Waals surface area contributed by atoms with E-state index in [9.17, 15) is 9.90 Å². The molecule has 1 fully saturated rings. The van der Waals surface area contributed by atoms with Crippen LogP contribution in [0, 0.1) is 6.92 Å². The predicted octanol–water partition coefficient (Wildman–Crippen LogP) is 2.72. The molecule has 1 unspecified atom stereocenters. The number of amides is 1. The highest BCUT2D eigenvalue weighted by atomic mass is 16.3. The number of aromatic amines is 1. The van der Waals surface area contributed by atoms with Crippen molar-refractivity contribution in [3.63, 3.8) is 0 Å². The van der Waals surface area contributed by atoms with Crippen molar-refractivity contribution in [2.24, 2.45) is 0 Å². The van der Waals surface area contributed by atoms with Crippen LogP contribution in [0.1, 0.15) is 48.9 Å². The maximum Gasteiger partial charge on any atom is 0.225 e. The average molecular weight is 327 g/mol. The monoisotopic (exact) mass is 327 g/mol. The highest BCUT2D eigenvalue weighted by Gasteiger charge is 2.31. The third-order valence-electron chi connectivity index (χ3n) is 5.05. The van der Waals surface area contributed by atoms with Crippen molar-refractivity contribution in [1.29, 1.82) is 0 Å². The molecule has 2 heterocycles. The molecule has 1 amide bonds. The molecule has 1 aromatic heterocycles. The van der Waals surface area contributed by atoms with Crippen molar-refractivity contribution in [2.75, 3.05) is 13.1 Å². The molecule has 0 bridgehead atoms. The zero-order chi connectivity index (χ0) is 17.2. The fourth-order valence-electron chi connectivity index (χ4n) is 3.52. The van der Waals surface area contributed by atoms with E-state index < -0.39 is 5.60 Å². The Hall–Kier alpha value is -2.14. The molecule has 1 aromatic carbocycles. The highest BCUT2D eigenvalue weighted by molar-refractivity contribution is 5.77. The zero-order valence-electron chi connectivity index (χ0n) is 14.3. The summed E-state index contributed by atoms with van der Waals surface area (Å²) in [6, 6.07) is 9.40. The van der Waals surface area contributed by atoms with Crippen LogP contribution >= 0.6 is 0 Å². The molecule has 24 heavy (non-hydrogen) atoms. The number of aryl methyl sites for hydroxylation is 1. The van der Waals surface area contributed by atoms with Crippen LogP contribution in [0.25, 0.3) is 0 Å². The van der Waals surface area contributed by atoms with E-state index in [2.05, 4.69) is 10.2 Å². The predicted molar refractivity (Wildman–Crippen MR) is 92.5 cm³/mol. The summed E-state index contributed by atoms with van der Waals surface area (Å²) >= 11 is 0. The number of carbonyl (C=O) groups is 1. The van der Waals surface area contributed by atoms with Crippen molar-refractivity contribution in [3.8, 4) is 0 Å². The van der Waals surface area contributed by atoms with Crippen LogP contribution in [0.5, 0.6) is 0 Å². The molecule has 5 nitrogen and oxygen atoms in total. The number of likely N-dealkylation sites (tertiary alicyclic amines) is 1. The summed E-state index contributed by atoms with van der Waals surface area (Å²) in [6.07, 6.45) is 3.91. The Balaban J connectivity index is 1.58. The molecule has 128 valence electrons. The van der Waals surface area contributed by atoms with Crippen LogP contribution in [0.3, 0.4) is 0 Å². The Morgan fingerprint density at radius 1 is 1.33 bits per heavy atom. The minimum Gasteiger partial charge on any atom is -0.385 e. The van der Waals surface area contributed by atoms with Gasteiger partial charge >= 0.3 is 0 Å². The first-order valence-corrected chi connectivity index (χ1v) is 8.53. The first-order chi connectivity index (χ1) is 11.5. The third-order valence-corrected chi connectivity index (χ3v) is 5.05. The molecule has 2 aromatic rings. The van der Waals surface area contributed by atoms with Gasteiger partial charge in [0.1, 0.15) is 0 Å². The molecule has 1 saturated heterocycles. The molecular formula is C19H25N3O2. The van der Waals surface area contributed by atoms with Crippen molar-refractivity contribution in [2.45, 2.75) is 44.6 Å². The maximum atomic E-state index is 12.6. The number of hydrogen-bond donors (Lipinski definition) is 2. The molecular weight excluding hydrogens is 302 g/mol. The summed E-state index contributed by atoms with van der Waals surface area (Å²) in [5, 5.41) is 17.7. The molecule has 0 spiro atoms. The lowest BCUT2D eigenvalue weighted by molar-refractivity contribution is -0.137. The number of H-pyrrole nitrogens is 1. The van der Waals surface area contributed by atoms with Crippen LogP contribution in [0.2, 0.25) is 0 Å². The Kier molecular flexibility index (Phi) is 4.71. The Morgan fingerprint density at radius 2 is 2.00 bits per heavy atom. The summed E-state index contributed by atoms with van der Waals surface area (Å²) in [5.41, 5.74) is 2.03. The Morgan fingerprint density at radius 3 is 2.58 bits per heavy atom. The molecule has 1 aliphatic heterocycles. The first kappa shape index (κ1) is 16.7. The fraction of sp³-hybridized carbons (Fsp3) is 0.474. The van der Waals surface area contributed by atoms with Gasteiger partial charge in [-0.2, -0.15) is 5.10 Å². The fourth-order valence-corrected chi connectivity index (χ4v) is 3.52. The minimum atomic E-state index is -1.13. The number of nitrogens with zero attached hydrogens (tertiary/aromatic N) is 2. The number of hydrogen-bond acceptors (Lipinski definition) is 3. The number of rotatable bonds is 4. The van der Waals surface area contributed by atoms with Gasteiger partial charge in [0.25, 0.3) is 0 Å². The van der Waals surface area contributed by atoms with Crippen LogP contribution in [0.15, 0.2) is 36.5 Å². The van der Waals surface area contributed by atoms with Gasteiger partial charge in [0.05, 0.1) is 18.2 Å². The molecule has 0 saturated carbocycles. The first-order valence-electron chi connectivity index (χ1n) is 8.53. The van der Waals surface area contributed by atoms with Gasteiger partial charge in [-0.1, -0.05) is 30.3 Å². The lowest BCUT2D eigenvalue weighted by atomic mass is 9.88. The normalized spacial score (nSPS) is 18.4. The summed E-state index contributed by atoms with van der Waals surface area (Å²) < 4.78 is 0. The number of piperidine rings is 1. The molecule has 0 radical (unpaired) electrons. The summed E-state index contributed by atoms with van der Waals surface area (Å²) in [4.78, 5) is 14.5. The molecule has 1 atom stereocenters. The van der Waals surface area contributed by atoms with E-state index in [1.165, 1.54) is 5.56 Å². The van der Waals surface area contributed by atoms with Gasteiger partial charge < -0.3 is 10.0 Å². The van der Waals surface area contributed by atoms with Crippen LogP contribution < -0.4 is 0 Å². The van der Waals surface area contributed by atoms with E-state index in [0.29, 0.717) is 5.92 Å². The summed E-state index contributed by atoms with van der Waals surface area (Å²) in [5.74, 6) is 0.480. The number of carbonyl (C=O) groups excluding carboxylic acids is 1. The number of benzene rings is 1. The van der Waals surface area contributed by atoms with E-state index in [-0.39, 0.29) is 12.3 Å². The zero-order valence-corrected chi connectivity index (χ0v) is 14.3. The second kappa shape index (κ2) is 6.77. The maximum absolute atomic E-state index is 12.6. The van der Waals surface area contributed by atoms with Gasteiger partial charge in [0, 0.05) is 18.8 Å². The summed E-state index contributed by atoms with van der Waals surface area (Å²) in [7, 11) is 0. The average Bonchev–Trinajstić information content (AvgIpc) is 3.01. The van der Waals surface area contributed by atoms with Gasteiger partial charge in [-0.05, 0) is 43.7 Å². The topological polar surface area (TPSA) is 69.2 Å². The smallest absolute Gasteiger partial charge is 0.225 e. The van der Waals surface area contributed by atoms with E-state index in [1.54, 1.807) is 6.92 Å². The standard InChI is InChI=1S/C19H25N3O2/c1-14-17(13-20-21-14)15-8-10-22(11-9-15)18(23)12-19(2,24)16-6-4-3-5-7-16/h3-7,13,15,24H,8-12H2,1-2H3,(H,20,21). The van der Waals surface area contributed by atoms with E-state index >= 15 is 0 Å². The van der Waals surface area contributed by atoms with Crippen molar-refractivity contribution in [3.05, 3.63) is 53.3 Å². The summed E-state index contributed by atoms with van der Waals surface area (Å²) in [6.45, 7) is 5.22. The van der Waals surface area contributed by atoms with Gasteiger partial charge in [-0.25, -0.2) is 0 Å². The van der Waals surface area contributed by atoms with Crippen molar-refractivity contribution >= 4 is 5.91 Å². The lowest BCUT2D eigenvalue weighted by Crippen LogP contribution is -2.41.